The Morgan fingerprint density at radius 1 is 1.00 bits per heavy atom. The summed E-state index contributed by atoms with van der Waals surface area (Å²) in [5.74, 6) is 0.874. The van der Waals surface area contributed by atoms with Crippen LogP contribution in [0.3, 0.4) is 0 Å². The second-order valence-electron chi connectivity index (χ2n) is 6.15. The zero-order chi connectivity index (χ0) is 13.8. The van der Waals surface area contributed by atoms with Gasteiger partial charge in [0, 0.05) is 30.9 Å². The number of likely N-dealkylation sites (tertiary alicyclic amines) is 1. The molecule has 0 radical (unpaired) electrons. The molecule has 1 aromatic carbocycles. The second-order valence-corrected chi connectivity index (χ2v) is 6.15. The maximum absolute atomic E-state index is 10.7. The summed E-state index contributed by atoms with van der Waals surface area (Å²) in [7, 11) is 0. The van der Waals surface area contributed by atoms with E-state index in [9.17, 15) is 4.79 Å². The third-order valence-electron chi connectivity index (χ3n) is 4.72. The van der Waals surface area contributed by atoms with Crippen molar-refractivity contribution in [3.8, 4) is 0 Å². The van der Waals surface area contributed by atoms with Crippen molar-refractivity contribution >= 4 is 12.0 Å². The Morgan fingerprint density at radius 3 is 2.25 bits per heavy atom. The molecule has 20 heavy (non-hydrogen) atoms. The fourth-order valence-electron chi connectivity index (χ4n) is 3.47. The molecule has 0 unspecified atom stereocenters. The number of rotatable bonds is 4. The molecule has 1 aromatic rings. The highest BCUT2D eigenvalue weighted by atomic mass is 16.1. The van der Waals surface area contributed by atoms with Crippen LogP contribution in [0.2, 0.25) is 0 Å². The molecule has 0 N–H and O–H groups in total. The van der Waals surface area contributed by atoms with Crippen molar-refractivity contribution in [2.75, 3.05) is 37.6 Å². The van der Waals surface area contributed by atoms with Crippen LogP contribution in [-0.4, -0.2) is 43.9 Å². The average Bonchev–Trinajstić information content (AvgIpc) is 3.01. The summed E-state index contributed by atoms with van der Waals surface area (Å²) in [5, 5.41) is 0. The summed E-state index contributed by atoms with van der Waals surface area (Å²) < 4.78 is 0. The van der Waals surface area contributed by atoms with Crippen LogP contribution in [0.5, 0.6) is 0 Å². The van der Waals surface area contributed by atoms with Gasteiger partial charge in [0.1, 0.15) is 6.29 Å². The van der Waals surface area contributed by atoms with E-state index < -0.39 is 0 Å². The van der Waals surface area contributed by atoms with Crippen LogP contribution in [0.4, 0.5) is 5.69 Å². The van der Waals surface area contributed by atoms with Gasteiger partial charge >= 0.3 is 0 Å². The van der Waals surface area contributed by atoms with Gasteiger partial charge in [-0.2, -0.15) is 0 Å². The SMILES string of the molecule is O=Cc1ccc(N2CCC(CN3CCCC3)CC2)cc1. The van der Waals surface area contributed by atoms with E-state index in [-0.39, 0.29) is 0 Å². The standard InChI is InChI=1S/C17H24N2O/c20-14-16-3-5-17(6-4-16)19-11-7-15(8-12-19)13-18-9-1-2-10-18/h3-6,14-15H,1-2,7-13H2. The monoisotopic (exact) mass is 272 g/mol. The van der Waals surface area contributed by atoms with E-state index >= 15 is 0 Å². The molecule has 0 bridgehead atoms. The Morgan fingerprint density at radius 2 is 1.65 bits per heavy atom. The first kappa shape index (κ1) is 13.6. The molecule has 108 valence electrons. The summed E-state index contributed by atoms with van der Waals surface area (Å²) in [4.78, 5) is 15.8. The van der Waals surface area contributed by atoms with E-state index in [1.54, 1.807) is 0 Å². The normalized spacial score (nSPS) is 21.3. The van der Waals surface area contributed by atoms with Gasteiger partial charge in [0.05, 0.1) is 0 Å². The lowest BCUT2D eigenvalue weighted by Crippen LogP contribution is -2.38. The van der Waals surface area contributed by atoms with Gasteiger partial charge in [0.15, 0.2) is 0 Å². The molecular formula is C17H24N2O. The zero-order valence-electron chi connectivity index (χ0n) is 12.1. The first-order valence-corrected chi connectivity index (χ1v) is 7.88. The van der Waals surface area contributed by atoms with E-state index in [2.05, 4.69) is 21.9 Å². The quantitative estimate of drug-likeness (QED) is 0.787. The number of anilines is 1. The summed E-state index contributed by atoms with van der Waals surface area (Å²) >= 11 is 0. The maximum Gasteiger partial charge on any atom is 0.150 e. The first-order valence-electron chi connectivity index (χ1n) is 7.88. The van der Waals surface area contributed by atoms with E-state index in [4.69, 9.17) is 0 Å². The van der Waals surface area contributed by atoms with E-state index in [1.165, 1.54) is 51.0 Å². The molecule has 2 saturated heterocycles. The first-order chi connectivity index (χ1) is 9.85. The molecular weight excluding hydrogens is 248 g/mol. The molecule has 0 amide bonds. The third kappa shape index (κ3) is 3.21. The summed E-state index contributed by atoms with van der Waals surface area (Å²) in [6.45, 7) is 6.23. The number of hydrogen-bond acceptors (Lipinski definition) is 3. The van der Waals surface area contributed by atoms with Crippen LogP contribution in [0.25, 0.3) is 0 Å². The predicted octanol–water partition coefficient (Wildman–Crippen LogP) is 2.81. The third-order valence-corrected chi connectivity index (χ3v) is 4.72. The van der Waals surface area contributed by atoms with Crippen molar-refractivity contribution in [3.63, 3.8) is 0 Å². The number of piperidine rings is 1. The molecule has 2 fully saturated rings. The zero-order valence-corrected chi connectivity index (χ0v) is 12.1. The molecule has 0 spiro atoms. The van der Waals surface area contributed by atoms with Gasteiger partial charge in [-0.25, -0.2) is 0 Å². The number of carbonyl (C=O) groups is 1. The highest BCUT2D eigenvalue weighted by Gasteiger charge is 2.22. The molecule has 0 aliphatic carbocycles. The van der Waals surface area contributed by atoms with Crippen LogP contribution in [-0.2, 0) is 0 Å². The molecule has 3 heteroatoms. The molecule has 0 saturated carbocycles. The minimum Gasteiger partial charge on any atom is -0.372 e. The second kappa shape index (κ2) is 6.40. The van der Waals surface area contributed by atoms with Crippen molar-refractivity contribution in [1.29, 1.82) is 0 Å². The summed E-state index contributed by atoms with van der Waals surface area (Å²) in [6, 6.07) is 7.98. The molecule has 2 aliphatic rings. The van der Waals surface area contributed by atoms with Crippen LogP contribution < -0.4 is 4.90 Å². The Bertz CT molecular complexity index is 429. The van der Waals surface area contributed by atoms with Gasteiger partial charge in [-0.1, -0.05) is 0 Å². The van der Waals surface area contributed by atoms with E-state index in [0.717, 1.165) is 30.9 Å². The minimum absolute atomic E-state index is 0.762. The molecule has 0 atom stereocenters. The van der Waals surface area contributed by atoms with E-state index in [0.29, 0.717) is 0 Å². The van der Waals surface area contributed by atoms with Crippen molar-refractivity contribution in [1.82, 2.24) is 4.90 Å². The van der Waals surface area contributed by atoms with Gasteiger partial charge in [-0.15, -0.1) is 0 Å². The largest absolute Gasteiger partial charge is 0.372 e. The Balaban J connectivity index is 1.50. The maximum atomic E-state index is 10.7. The molecule has 2 aliphatic heterocycles. The smallest absolute Gasteiger partial charge is 0.150 e. The molecule has 3 nitrogen and oxygen atoms in total. The summed E-state index contributed by atoms with van der Waals surface area (Å²) in [5.41, 5.74) is 2.02. The molecule has 3 rings (SSSR count). The molecule has 0 aromatic heterocycles. The van der Waals surface area contributed by atoms with Crippen molar-refractivity contribution in [2.24, 2.45) is 5.92 Å². The van der Waals surface area contributed by atoms with Gasteiger partial charge in [-0.3, -0.25) is 4.79 Å². The lowest BCUT2D eigenvalue weighted by molar-refractivity contribution is 0.112. The number of hydrogen-bond donors (Lipinski definition) is 0. The van der Waals surface area contributed by atoms with Crippen molar-refractivity contribution in [2.45, 2.75) is 25.7 Å². The Labute approximate surface area is 121 Å². The van der Waals surface area contributed by atoms with Gasteiger partial charge in [0.2, 0.25) is 0 Å². The summed E-state index contributed by atoms with van der Waals surface area (Å²) in [6.07, 6.45) is 6.29. The highest BCUT2D eigenvalue weighted by Crippen LogP contribution is 2.25. The van der Waals surface area contributed by atoms with E-state index in [1.807, 2.05) is 12.1 Å². The lowest BCUT2D eigenvalue weighted by Gasteiger charge is -2.35. The van der Waals surface area contributed by atoms with Crippen LogP contribution in [0, 0.1) is 5.92 Å². The fourth-order valence-corrected chi connectivity index (χ4v) is 3.47. The fraction of sp³-hybridized carbons (Fsp3) is 0.588. The predicted molar refractivity (Wildman–Crippen MR) is 82.4 cm³/mol. The van der Waals surface area contributed by atoms with Gasteiger partial charge in [-0.05, 0) is 69.0 Å². The number of nitrogens with zero attached hydrogens (tertiary/aromatic N) is 2. The van der Waals surface area contributed by atoms with Crippen LogP contribution >= 0.6 is 0 Å². The van der Waals surface area contributed by atoms with Crippen molar-refractivity contribution < 1.29 is 4.79 Å². The Kier molecular flexibility index (Phi) is 4.36. The van der Waals surface area contributed by atoms with Gasteiger partial charge < -0.3 is 9.80 Å². The lowest BCUT2D eigenvalue weighted by atomic mass is 9.96. The molecule has 2 heterocycles. The van der Waals surface area contributed by atoms with Crippen LogP contribution in [0.15, 0.2) is 24.3 Å². The topological polar surface area (TPSA) is 23.6 Å². The van der Waals surface area contributed by atoms with Crippen LogP contribution in [0.1, 0.15) is 36.0 Å². The minimum atomic E-state index is 0.762. The van der Waals surface area contributed by atoms with Gasteiger partial charge in [0.25, 0.3) is 0 Å². The average molecular weight is 272 g/mol. The number of carbonyl (C=O) groups excluding carboxylic acids is 1. The Hall–Kier alpha value is -1.35. The van der Waals surface area contributed by atoms with Crippen molar-refractivity contribution in [3.05, 3.63) is 29.8 Å². The number of aldehydes is 1. The number of benzene rings is 1. The highest BCUT2D eigenvalue weighted by molar-refractivity contribution is 5.75.